The second kappa shape index (κ2) is 8.43. The molecule has 0 aliphatic carbocycles. The second-order valence-corrected chi connectivity index (χ2v) is 6.37. The number of ether oxygens (including phenoxy) is 1. The summed E-state index contributed by atoms with van der Waals surface area (Å²) < 4.78 is 5.64. The van der Waals surface area contributed by atoms with Crippen molar-refractivity contribution in [1.82, 2.24) is 10.2 Å². The van der Waals surface area contributed by atoms with Crippen molar-refractivity contribution in [2.24, 2.45) is 0 Å². The quantitative estimate of drug-likeness (QED) is 0.809. The maximum Gasteiger partial charge on any atom is 0.317 e. The van der Waals surface area contributed by atoms with Gasteiger partial charge in [-0.15, -0.1) is 0 Å². The molecule has 5 nitrogen and oxygen atoms in total. The highest BCUT2D eigenvalue weighted by Gasteiger charge is 2.17. The molecule has 3 rings (SSSR count). The van der Waals surface area contributed by atoms with Gasteiger partial charge in [-0.3, -0.25) is 0 Å². The fourth-order valence-corrected chi connectivity index (χ4v) is 2.94. The van der Waals surface area contributed by atoms with E-state index < -0.39 is 0 Å². The van der Waals surface area contributed by atoms with E-state index in [1.54, 1.807) is 17.0 Å². The number of nitrogens with one attached hydrogen (secondary N) is 1. The van der Waals surface area contributed by atoms with Gasteiger partial charge in [0.15, 0.2) is 0 Å². The molecule has 0 atom stereocenters. The number of phenolic OH excluding ortho intramolecular Hbond substituents is 1. The molecule has 136 valence electrons. The minimum absolute atomic E-state index is 0.0705. The van der Waals surface area contributed by atoms with E-state index in [2.05, 4.69) is 11.4 Å². The average molecular weight is 352 g/mol. The molecule has 1 aliphatic rings. The number of carbonyl (C=O) groups excluding carboxylic acids is 1. The monoisotopic (exact) mass is 352 g/mol. The lowest BCUT2D eigenvalue weighted by Crippen LogP contribution is -2.43. The Hall–Kier alpha value is -2.95. The third-order valence-electron chi connectivity index (χ3n) is 4.37. The Morgan fingerprint density at radius 1 is 1.23 bits per heavy atom. The highest BCUT2D eigenvalue weighted by Crippen LogP contribution is 2.23. The highest BCUT2D eigenvalue weighted by atomic mass is 16.5. The van der Waals surface area contributed by atoms with Crippen molar-refractivity contribution in [3.63, 3.8) is 0 Å². The minimum atomic E-state index is -0.0705. The number of nitrogens with zero attached hydrogens (tertiary/aromatic N) is 1. The number of hydrogen-bond acceptors (Lipinski definition) is 3. The van der Waals surface area contributed by atoms with E-state index >= 15 is 0 Å². The molecule has 0 unspecified atom stereocenters. The lowest BCUT2D eigenvalue weighted by atomic mass is 9.99. The van der Waals surface area contributed by atoms with Gasteiger partial charge in [0.1, 0.15) is 18.1 Å². The predicted molar refractivity (Wildman–Crippen MR) is 102 cm³/mol. The zero-order valence-corrected chi connectivity index (χ0v) is 14.9. The molecule has 0 radical (unpaired) electrons. The number of rotatable bonds is 5. The molecule has 1 heterocycles. The Bertz CT molecular complexity index is 784. The first kappa shape index (κ1) is 17.9. The molecule has 2 aromatic carbocycles. The zero-order valence-electron chi connectivity index (χ0n) is 14.9. The number of phenols is 1. The van der Waals surface area contributed by atoms with Crippen molar-refractivity contribution in [1.29, 1.82) is 0 Å². The summed E-state index contributed by atoms with van der Waals surface area (Å²) in [4.78, 5) is 14.0. The summed E-state index contributed by atoms with van der Waals surface area (Å²) >= 11 is 0. The SMILES string of the molecule is Cc1cccc(OCCNC(=O)N2CC=C(c3ccc(O)cc3)CC2)c1. The van der Waals surface area contributed by atoms with Crippen LogP contribution in [0.25, 0.3) is 5.57 Å². The number of aromatic hydroxyl groups is 1. The van der Waals surface area contributed by atoms with Gasteiger partial charge in [0, 0.05) is 13.1 Å². The predicted octanol–water partition coefficient (Wildman–Crippen LogP) is 3.58. The molecule has 0 saturated carbocycles. The van der Waals surface area contributed by atoms with Crippen LogP contribution >= 0.6 is 0 Å². The van der Waals surface area contributed by atoms with Gasteiger partial charge >= 0.3 is 6.03 Å². The van der Waals surface area contributed by atoms with E-state index in [1.807, 2.05) is 43.3 Å². The van der Waals surface area contributed by atoms with Crippen LogP contribution in [0.1, 0.15) is 17.5 Å². The molecular formula is C21H24N2O3. The molecule has 0 saturated heterocycles. The summed E-state index contributed by atoms with van der Waals surface area (Å²) in [6.07, 6.45) is 2.87. The summed E-state index contributed by atoms with van der Waals surface area (Å²) in [5.41, 5.74) is 3.45. The van der Waals surface area contributed by atoms with Crippen LogP contribution in [0.2, 0.25) is 0 Å². The van der Waals surface area contributed by atoms with Crippen LogP contribution < -0.4 is 10.1 Å². The highest BCUT2D eigenvalue weighted by molar-refractivity contribution is 5.76. The first-order valence-electron chi connectivity index (χ1n) is 8.82. The molecular weight excluding hydrogens is 328 g/mol. The lowest BCUT2D eigenvalue weighted by molar-refractivity contribution is 0.200. The van der Waals surface area contributed by atoms with E-state index in [1.165, 1.54) is 5.57 Å². The third-order valence-corrected chi connectivity index (χ3v) is 4.37. The van der Waals surface area contributed by atoms with Crippen LogP contribution in [-0.4, -0.2) is 42.3 Å². The molecule has 1 aliphatic heterocycles. The van der Waals surface area contributed by atoms with Gasteiger partial charge in [0.05, 0.1) is 6.54 Å². The molecule has 0 spiro atoms. The summed E-state index contributed by atoms with van der Waals surface area (Å²) in [7, 11) is 0. The van der Waals surface area contributed by atoms with Crippen molar-refractivity contribution < 1.29 is 14.6 Å². The van der Waals surface area contributed by atoms with Gasteiger partial charge in [-0.05, 0) is 54.3 Å². The smallest absolute Gasteiger partial charge is 0.317 e. The maximum atomic E-state index is 12.2. The number of benzene rings is 2. The van der Waals surface area contributed by atoms with E-state index in [0.29, 0.717) is 26.2 Å². The van der Waals surface area contributed by atoms with Crippen LogP contribution in [0.15, 0.2) is 54.6 Å². The van der Waals surface area contributed by atoms with E-state index in [0.717, 1.165) is 23.3 Å². The Morgan fingerprint density at radius 2 is 2.04 bits per heavy atom. The molecule has 2 amide bonds. The summed E-state index contributed by atoms with van der Waals surface area (Å²) in [5, 5.41) is 12.3. The van der Waals surface area contributed by atoms with Crippen LogP contribution in [-0.2, 0) is 0 Å². The van der Waals surface area contributed by atoms with Gasteiger partial charge in [0.2, 0.25) is 0 Å². The van der Waals surface area contributed by atoms with Gasteiger partial charge in [-0.2, -0.15) is 0 Å². The van der Waals surface area contributed by atoms with Crippen molar-refractivity contribution in [2.45, 2.75) is 13.3 Å². The Morgan fingerprint density at radius 3 is 2.73 bits per heavy atom. The lowest BCUT2D eigenvalue weighted by Gasteiger charge is -2.27. The Balaban J connectivity index is 1.42. The zero-order chi connectivity index (χ0) is 18.4. The molecule has 5 heteroatoms. The molecule has 0 bridgehead atoms. The topological polar surface area (TPSA) is 61.8 Å². The first-order chi connectivity index (χ1) is 12.6. The van der Waals surface area contributed by atoms with E-state index in [-0.39, 0.29) is 11.8 Å². The number of hydrogen-bond donors (Lipinski definition) is 2. The van der Waals surface area contributed by atoms with Gasteiger partial charge in [-0.1, -0.05) is 30.3 Å². The number of urea groups is 1. The number of amides is 2. The van der Waals surface area contributed by atoms with Crippen LogP contribution in [0.3, 0.4) is 0 Å². The fraction of sp³-hybridized carbons (Fsp3) is 0.286. The largest absolute Gasteiger partial charge is 0.508 e. The number of aryl methyl sites for hydroxylation is 1. The van der Waals surface area contributed by atoms with Crippen molar-refractivity contribution in [2.75, 3.05) is 26.2 Å². The summed E-state index contributed by atoms with van der Waals surface area (Å²) in [5.74, 6) is 1.08. The van der Waals surface area contributed by atoms with Gasteiger partial charge in [-0.25, -0.2) is 4.79 Å². The van der Waals surface area contributed by atoms with E-state index in [4.69, 9.17) is 4.74 Å². The standard InChI is InChI=1S/C21H24N2O3/c1-16-3-2-4-20(15-16)26-14-11-22-21(25)23-12-9-18(10-13-23)17-5-7-19(24)8-6-17/h2-9,15,24H,10-14H2,1H3,(H,22,25). The molecule has 0 fully saturated rings. The van der Waals surface area contributed by atoms with Gasteiger partial charge < -0.3 is 20.1 Å². The van der Waals surface area contributed by atoms with Crippen molar-refractivity contribution >= 4 is 11.6 Å². The summed E-state index contributed by atoms with van der Waals surface area (Å²) in [6, 6.07) is 15.0. The van der Waals surface area contributed by atoms with Crippen LogP contribution in [0.5, 0.6) is 11.5 Å². The van der Waals surface area contributed by atoms with Gasteiger partial charge in [0.25, 0.3) is 0 Å². The number of carbonyl (C=O) groups is 1. The second-order valence-electron chi connectivity index (χ2n) is 6.37. The maximum absolute atomic E-state index is 12.2. The minimum Gasteiger partial charge on any atom is -0.508 e. The first-order valence-corrected chi connectivity index (χ1v) is 8.82. The normalized spacial score (nSPS) is 13.9. The average Bonchev–Trinajstić information content (AvgIpc) is 2.66. The third kappa shape index (κ3) is 4.79. The Kier molecular flexibility index (Phi) is 5.79. The summed E-state index contributed by atoms with van der Waals surface area (Å²) in [6.45, 7) is 4.19. The van der Waals surface area contributed by atoms with Crippen LogP contribution in [0.4, 0.5) is 4.79 Å². The van der Waals surface area contributed by atoms with E-state index in [9.17, 15) is 9.90 Å². The molecule has 0 aromatic heterocycles. The molecule has 26 heavy (non-hydrogen) atoms. The molecule has 2 aromatic rings. The van der Waals surface area contributed by atoms with Crippen molar-refractivity contribution in [3.05, 3.63) is 65.7 Å². The molecule has 2 N–H and O–H groups in total. The van der Waals surface area contributed by atoms with Crippen LogP contribution in [0, 0.1) is 6.92 Å². The Labute approximate surface area is 153 Å². The fourth-order valence-electron chi connectivity index (χ4n) is 2.94. The van der Waals surface area contributed by atoms with Crippen molar-refractivity contribution in [3.8, 4) is 11.5 Å².